The number of hydrogen-bond acceptors (Lipinski definition) is 4. The Morgan fingerprint density at radius 1 is 1.19 bits per heavy atom. The predicted octanol–water partition coefficient (Wildman–Crippen LogP) is 4.24. The van der Waals surface area contributed by atoms with Crippen LogP contribution >= 0.6 is 0 Å². The van der Waals surface area contributed by atoms with E-state index in [-0.39, 0.29) is 0 Å². The summed E-state index contributed by atoms with van der Waals surface area (Å²) in [6.07, 6.45) is 8.91. The monoisotopic (exact) mass is 290 g/mol. The van der Waals surface area contributed by atoms with Gasteiger partial charge in [-0.2, -0.15) is 0 Å². The van der Waals surface area contributed by atoms with E-state index in [1.165, 1.54) is 31.2 Å². The van der Waals surface area contributed by atoms with Gasteiger partial charge in [-0.05, 0) is 31.1 Å². The molecule has 0 aromatic carbocycles. The number of nitrogens with zero attached hydrogens (tertiary/aromatic N) is 2. The van der Waals surface area contributed by atoms with Gasteiger partial charge in [0.05, 0.1) is 0 Å². The molecule has 1 aliphatic carbocycles. The molecular weight excluding hydrogens is 260 g/mol. The van der Waals surface area contributed by atoms with Gasteiger partial charge in [-0.1, -0.05) is 40.5 Å². The van der Waals surface area contributed by atoms with E-state index in [1.54, 1.807) is 6.33 Å². The molecule has 1 fully saturated rings. The zero-order valence-electron chi connectivity index (χ0n) is 14.0. The third kappa shape index (κ3) is 3.86. The van der Waals surface area contributed by atoms with Gasteiger partial charge in [0.15, 0.2) is 0 Å². The molecule has 1 heterocycles. The fourth-order valence-electron chi connectivity index (χ4n) is 3.19. The minimum absolute atomic E-state index is 0.339. The van der Waals surface area contributed by atoms with Crippen molar-refractivity contribution in [2.45, 2.75) is 72.3 Å². The fourth-order valence-corrected chi connectivity index (χ4v) is 3.19. The molecule has 0 saturated heterocycles. The maximum Gasteiger partial charge on any atom is 0.134 e. The van der Waals surface area contributed by atoms with Gasteiger partial charge in [0.25, 0.3) is 0 Å². The Labute approximate surface area is 129 Å². The first-order valence-corrected chi connectivity index (χ1v) is 8.42. The van der Waals surface area contributed by atoms with E-state index < -0.39 is 0 Å². The highest BCUT2D eigenvalue weighted by Crippen LogP contribution is 2.37. The molecule has 0 aliphatic heterocycles. The first-order valence-electron chi connectivity index (χ1n) is 8.42. The van der Waals surface area contributed by atoms with Crippen molar-refractivity contribution in [3.63, 3.8) is 0 Å². The van der Waals surface area contributed by atoms with Crippen molar-refractivity contribution in [2.24, 2.45) is 5.41 Å². The number of hydrogen-bond donors (Lipinski definition) is 2. The van der Waals surface area contributed by atoms with E-state index in [1.807, 2.05) is 0 Å². The van der Waals surface area contributed by atoms with Crippen LogP contribution in [-0.4, -0.2) is 22.6 Å². The smallest absolute Gasteiger partial charge is 0.134 e. The maximum absolute atomic E-state index is 4.52. The molecule has 2 N–H and O–H groups in total. The van der Waals surface area contributed by atoms with Crippen molar-refractivity contribution in [1.82, 2.24) is 9.97 Å². The van der Waals surface area contributed by atoms with Crippen LogP contribution in [0.4, 0.5) is 11.6 Å². The van der Waals surface area contributed by atoms with E-state index in [4.69, 9.17) is 0 Å². The van der Waals surface area contributed by atoms with E-state index in [9.17, 15) is 0 Å². The zero-order chi connectivity index (χ0) is 15.3. The van der Waals surface area contributed by atoms with Crippen LogP contribution in [0, 0.1) is 5.41 Å². The van der Waals surface area contributed by atoms with Gasteiger partial charge < -0.3 is 10.6 Å². The summed E-state index contributed by atoms with van der Waals surface area (Å²) in [4.78, 5) is 8.93. The van der Waals surface area contributed by atoms with Crippen LogP contribution in [0.25, 0.3) is 0 Å². The van der Waals surface area contributed by atoms with Crippen molar-refractivity contribution in [1.29, 1.82) is 0 Å². The summed E-state index contributed by atoms with van der Waals surface area (Å²) >= 11 is 0. The summed E-state index contributed by atoms with van der Waals surface area (Å²) in [5.41, 5.74) is 1.55. The highest BCUT2D eigenvalue weighted by atomic mass is 15.1. The second-order valence-corrected chi connectivity index (χ2v) is 6.76. The van der Waals surface area contributed by atoms with E-state index in [2.05, 4.69) is 48.3 Å². The minimum atomic E-state index is 0.339. The zero-order valence-corrected chi connectivity index (χ0v) is 14.0. The van der Waals surface area contributed by atoms with Crippen molar-refractivity contribution >= 4 is 11.6 Å². The Bertz CT molecular complexity index is 456. The number of rotatable bonds is 6. The van der Waals surface area contributed by atoms with Crippen LogP contribution in [0.1, 0.15) is 65.4 Å². The molecule has 1 unspecified atom stereocenters. The van der Waals surface area contributed by atoms with Crippen molar-refractivity contribution < 1.29 is 0 Å². The highest BCUT2D eigenvalue weighted by Gasteiger charge is 2.32. The molecule has 0 amide bonds. The highest BCUT2D eigenvalue weighted by molar-refractivity contribution is 5.57. The summed E-state index contributed by atoms with van der Waals surface area (Å²) < 4.78 is 0. The van der Waals surface area contributed by atoms with Gasteiger partial charge in [0.1, 0.15) is 18.0 Å². The quantitative estimate of drug-likeness (QED) is 0.822. The molecule has 1 atom stereocenters. The van der Waals surface area contributed by atoms with Crippen LogP contribution in [-0.2, 0) is 6.42 Å². The molecule has 0 spiro atoms. The molecule has 4 nitrogen and oxygen atoms in total. The second kappa shape index (κ2) is 7.10. The molecule has 0 bridgehead atoms. The molecule has 1 aromatic heterocycles. The van der Waals surface area contributed by atoms with Gasteiger partial charge in [0, 0.05) is 18.2 Å². The SMILES string of the molecule is CCCNc1ncnc(NC2CCCCC2(C)C)c1CC. The Morgan fingerprint density at radius 2 is 1.95 bits per heavy atom. The summed E-state index contributed by atoms with van der Waals surface area (Å²) in [7, 11) is 0. The first-order chi connectivity index (χ1) is 10.1. The summed E-state index contributed by atoms with van der Waals surface area (Å²) in [5, 5.41) is 7.14. The molecule has 0 radical (unpaired) electrons. The topological polar surface area (TPSA) is 49.8 Å². The predicted molar refractivity (Wildman–Crippen MR) is 89.9 cm³/mol. The Kier molecular flexibility index (Phi) is 5.43. The lowest BCUT2D eigenvalue weighted by atomic mass is 9.73. The molecule has 21 heavy (non-hydrogen) atoms. The van der Waals surface area contributed by atoms with Crippen molar-refractivity contribution in [3.05, 3.63) is 11.9 Å². The van der Waals surface area contributed by atoms with Gasteiger partial charge in [0.2, 0.25) is 0 Å². The molecule has 118 valence electrons. The lowest BCUT2D eigenvalue weighted by molar-refractivity contribution is 0.216. The van der Waals surface area contributed by atoms with Gasteiger partial charge in [-0.15, -0.1) is 0 Å². The maximum atomic E-state index is 4.52. The van der Waals surface area contributed by atoms with Gasteiger partial charge in [-0.25, -0.2) is 9.97 Å². The van der Waals surface area contributed by atoms with Crippen LogP contribution in [0.3, 0.4) is 0 Å². The largest absolute Gasteiger partial charge is 0.370 e. The Hall–Kier alpha value is -1.32. The lowest BCUT2D eigenvalue weighted by Gasteiger charge is -2.39. The van der Waals surface area contributed by atoms with Gasteiger partial charge in [-0.3, -0.25) is 0 Å². The number of nitrogens with one attached hydrogen (secondary N) is 2. The third-order valence-corrected chi connectivity index (χ3v) is 4.66. The molecular formula is C17H30N4. The molecule has 1 saturated carbocycles. The van der Waals surface area contributed by atoms with E-state index in [0.29, 0.717) is 11.5 Å². The summed E-state index contributed by atoms with van der Waals surface area (Å²) in [5.74, 6) is 2.01. The molecule has 2 rings (SSSR count). The van der Waals surface area contributed by atoms with Crippen molar-refractivity contribution in [3.8, 4) is 0 Å². The van der Waals surface area contributed by atoms with Gasteiger partial charge >= 0.3 is 0 Å². The fraction of sp³-hybridized carbons (Fsp3) is 0.765. The van der Waals surface area contributed by atoms with Crippen LogP contribution in [0.5, 0.6) is 0 Å². The lowest BCUT2D eigenvalue weighted by Crippen LogP contribution is -2.39. The Morgan fingerprint density at radius 3 is 2.62 bits per heavy atom. The summed E-state index contributed by atoms with van der Waals surface area (Å²) in [6.45, 7) is 10.0. The van der Waals surface area contributed by atoms with Crippen molar-refractivity contribution in [2.75, 3.05) is 17.2 Å². The third-order valence-electron chi connectivity index (χ3n) is 4.66. The summed E-state index contributed by atoms with van der Waals surface area (Å²) in [6, 6.07) is 0.505. The first kappa shape index (κ1) is 16.1. The average molecular weight is 290 g/mol. The normalized spacial score (nSPS) is 21.0. The standard InChI is InChI=1S/C17H30N4/c1-5-11-18-15-13(6-2)16(20-12-19-15)21-14-9-7-8-10-17(14,3)4/h12,14H,5-11H2,1-4H3,(H2,18,19,20,21). The van der Waals surface area contributed by atoms with Crippen LogP contribution in [0.2, 0.25) is 0 Å². The second-order valence-electron chi connectivity index (χ2n) is 6.76. The van der Waals surface area contributed by atoms with Crippen LogP contribution < -0.4 is 10.6 Å². The molecule has 1 aromatic rings. The Balaban J connectivity index is 2.18. The molecule has 4 heteroatoms. The molecule has 1 aliphatic rings. The van der Waals surface area contributed by atoms with E-state index in [0.717, 1.165) is 31.0 Å². The van der Waals surface area contributed by atoms with Crippen LogP contribution in [0.15, 0.2) is 6.33 Å². The average Bonchev–Trinajstić information content (AvgIpc) is 2.47. The number of aromatic nitrogens is 2. The number of anilines is 2. The van der Waals surface area contributed by atoms with E-state index >= 15 is 0 Å². The minimum Gasteiger partial charge on any atom is -0.370 e.